The van der Waals surface area contributed by atoms with Crippen LogP contribution in [0.15, 0.2) is 18.5 Å². The number of hydrogen-bond donors (Lipinski definition) is 1. The minimum atomic E-state index is -0.208. The van der Waals surface area contributed by atoms with Crippen molar-refractivity contribution in [3.05, 3.63) is 38.9 Å². The first-order chi connectivity index (χ1) is 16.1. The van der Waals surface area contributed by atoms with Gasteiger partial charge in [0.25, 0.3) is 0 Å². The molecule has 1 N–H and O–H groups in total. The van der Waals surface area contributed by atoms with Gasteiger partial charge in [-0.15, -0.1) is 11.3 Å². The Kier molecular flexibility index (Phi) is 7.16. The highest BCUT2D eigenvalue weighted by molar-refractivity contribution is 7.16. The number of nitrogens with zero attached hydrogens (tertiary/aromatic N) is 4. The van der Waals surface area contributed by atoms with Crippen molar-refractivity contribution >= 4 is 34.7 Å². The quantitative estimate of drug-likeness (QED) is 0.670. The number of aryl methyl sites for hydroxylation is 1. The molecule has 3 aliphatic rings. The van der Waals surface area contributed by atoms with Crippen molar-refractivity contribution in [2.24, 2.45) is 0 Å². The Labute approximate surface area is 204 Å². The predicted molar refractivity (Wildman–Crippen MR) is 131 cm³/mol. The molecule has 0 bridgehead atoms. The molecule has 0 spiro atoms. The summed E-state index contributed by atoms with van der Waals surface area (Å²) >= 11 is 7.74. The summed E-state index contributed by atoms with van der Waals surface area (Å²) in [7, 11) is 0. The lowest BCUT2D eigenvalue weighted by Crippen LogP contribution is -2.51. The maximum atomic E-state index is 13.6. The van der Waals surface area contributed by atoms with E-state index >= 15 is 0 Å². The summed E-state index contributed by atoms with van der Waals surface area (Å²) in [6, 6.07) is 4.30. The normalized spacial score (nSPS) is 22.4. The standard InChI is InChI=1S/C24H32ClN5O2S/c1-16-2-3-19-22(16)23(28-15-27-19)29-8-10-30(11-9-29)24(31)18(20-4-5-21(25)33-20)14-26-17-6-12-32-13-7-17/h4-5,15-18,26H,2-3,6-14H2,1H3/t16-,18-/m1/s1. The molecule has 178 valence electrons. The van der Waals surface area contributed by atoms with E-state index < -0.39 is 0 Å². The highest BCUT2D eigenvalue weighted by atomic mass is 35.5. The lowest BCUT2D eigenvalue weighted by atomic mass is 10.0. The Hall–Kier alpha value is -1.74. The van der Waals surface area contributed by atoms with Crippen LogP contribution in [0.2, 0.25) is 4.34 Å². The van der Waals surface area contributed by atoms with Gasteiger partial charge < -0.3 is 19.9 Å². The number of aromatic nitrogens is 2. The van der Waals surface area contributed by atoms with E-state index in [2.05, 4.69) is 27.1 Å². The number of thiophene rings is 1. The lowest BCUT2D eigenvalue weighted by molar-refractivity contribution is -0.133. The van der Waals surface area contributed by atoms with Crippen molar-refractivity contribution in [2.75, 3.05) is 50.8 Å². The number of piperazine rings is 1. The van der Waals surface area contributed by atoms with E-state index in [0.717, 1.165) is 67.0 Å². The summed E-state index contributed by atoms with van der Waals surface area (Å²) in [6.45, 7) is 7.49. The van der Waals surface area contributed by atoms with Gasteiger partial charge in [-0.25, -0.2) is 9.97 Å². The topological polar surface area (TPSA) is 70.6 Å². The molecule has 4 heterocycles. The maximum Gasteiger partial charge on any atom is 0.232 e. The highest BCUT2D eigenvalue weighted by Gasteiger charge is 2.33. The third kappa shape index (κ3) is 5.04. The molecule has 9 heteroatoms. The Balaban J connectivity index is 1.25. The van der Waals surface area contributed by atoms with Crippen molar-refractivity contribution in [3.63, 3.8) is 0 Å². The fraction of sp³-hybridized carbons (Fsp3) is 0.625. The zero-order chi connectivity index (χ0) is 22.8. The van der Waals surface area contributed by atoms with Crippen molar-refractivity contribution in [2.45, 2.75) is 50.5 Å². The zero-order valence-corrected chi connectivity index (χ0v) is 20.7. The first kappa shape index (κ1) is 23.0. The van der Waals surface area contributed by atoms with Crippen molar-refractivity contribution in [1.82, 2.24) is 20.2 Å². The van der Waals surface area contributed by atoms with Crippen LogP contribution in [0.25, 0.3) is 0 Å². The number of hydrogen-bond acceptors (Lipinski definition) is 7. The molecule has 2 aromatic rings. The van der Waals surface area contributed by atoms with E-state index in [4.69, 9.17) is 16.3 Å². The van der Waals surface area contributed by atoms with E-state index in [-0.39, 0.29) is 11.8 Å². The highest BCUT2D eigenvalue weighted by Crippen LogP contribution is 2.37. The monoisotopic (exact) mass is 489 g/mol. The van der Waals surface area contributed by atoms with Crippen LogP contribution < -0.4 is 10.2 Å². The van der Waals surface area contributed by atoms with Crippen LogP contribution >= 0.6 is 22.9 Å². The van der Waals surface area contributed by atoms with Gasteiger partial charge in [-0.3, -0.25) is 4.79 Å². The molecule has 0 aromatic carbocycles. The van der Waals surface area contributed by atoms with E-state index in [0.29, 0.717) is 31.6 Å². The minimum Gasteiger partial charge on any atom is -0.381 e. The Morgan fingerprint density at radius 3 is 2.73 bits per heavy atom. The Morgan fingerprint density at radius 1 is 1.21 bits per heavy atom. The van der Waals surface area contributed by atoms with Gasteiger partial charge in [-0.1, -0.05) is 18.5 Å². The Bertz CT molecular complexity index is 972. The van der Waals surface area contributed by atoms with Crippen LogP contribution in [0, 0.1) is 0 Å². The molecule has 0 radical (unpaired) electrons. The van der Waals surface area contributed by atoms with E-state index in [9.17, 15) is 4.79 Å². The molecule has 2 saturated heterocycles. The third-order valence-electron chi connectivity index (χ3n) is 7.21. The average molecular weight is 490 g/mol. The molecule has 7 nitrogen and oxygen atoms in total. The summed E-state index contributed by atoms with van der Waals surface area (Å²) in [4.78, 5) is 28.2. The molecular weight excluding hydrogens is 458 g/mol. The lowest BCUT2D eigenvalue weighted by Gasteiger charge is -2.38. The number of rotatable bonds is 6. The fourth-order valence-electron chi connectivity index (χ4n) is 5.25. The van der Waals surface area contributed by atoms with Gasteiger partial charge in [0, 0.05) is 68.1 Å². The van der Waals surface area contributed by atoms with Gasteiger partial charge in [0.05, 0.1) is 10.3 Å². The van der Waals surface area contributed by atoms with Crippen LogP contribution in [-0.2, 0) is 16.0 Å². The van der Waals surface area contributed by atoms with Crippen molar-refractivity contribution < 1.29 is 9.53 Å². The molecule has 33 heavy (non-hydrogen) atoms. The first-order valence-corrected chi connectivity index (χ1v) is 13.2. The van der Waals surface area contributed by atoms with Crippen molar-refractivity contribution in [1.29, 1.82) is 0 Å². The van der Waals surface area contributed by atoms with Gasteiger partial charge >= 0.3 is 0 Å². The molecule has 2 aromatic heterocycles. The molecule has 0 saturated carbocycles. The van der Waals surface area contributed by atoms with Crippen LogP contribution in [0.5, 0.6) is 0 Å². The van der Waals surface area contributed by atoms with E-state index in [1.54, 1.807) is 6.33 Å². The SMILES string of the molecule is C[C@@H]1CCc2ncnc(N3CCN(C(=O)[C@H](CNC4CCOCC4)c4ccc(Cl)s4)CC3)c21. The molecule has 2 fully saturated rings. The molecule has 1 amide bonds. The van der Waals surface area contributed by atoms with Gasteiger partial charge in [0.15, 0.2) is 0 Å². The van der Waals surface area contributed by atoms with Gasteiger partial charge in [-0.2, -0.15) is 0 Å². The first-order valence-electron chi connectivity index (χ1n) is 12.0. The number of nitrogens with one attached hydrogen (secondary N) is 1. The summed E-state index contributed by atoms with van der Waals surface area (Å²) in [5.74, 6) is 1.55. The largest absolute Gasteiger partial charge is 0.381 e. The van der Waals surface area contributed by atoms with Crippen LogP contribution in [0.4, 0.5) is 5.82 Å². The summed E-state index contributed by atoms with van der Waals surface area (Å²) in [5.41, 5.74) is 2.50. The summed E-state index contributed by atoms with van der Waals surface area (Å²) in [6.07, 6.45) is 5.86. The minimum absolute atomic E-state index is 0.189. The second-order valence-electron chi connectivity index (χ2n) is 9.30. The molecule has 5 rings (SSSR count). The predicted octanol–water partition coefficient (Wildman–Crippen LogP) is 3.44. The number of ether oxygens (including phenoxy) is 1. The number of halogens is 1. The Morgan fingerprint density at radius 2 is 2.00 bits per heavy atom. The molecule has 2 atom stereocenters. The molecular formula is C24H32ClN5O2S. The summed E-state index contributed by atoms with van der Waals surface area (Å²) in [5, 5.41) is 3.63. The second kappa shape index (κ2) is 10.3. The molecule has 2 aliphatic heterocycles. The number of anilines is 1. The number of carbonyl (C=O) groups excluding carboxylic acids is 1. The third-order valence-corrected chi connectivity index (χ3v) is 8.56. The smallest absolute Gasteiger partial charge is 0.232 e. The van der Waals surface area contributed by atoms with Crippen LogP contribution in [0.1, 0.15) is 54.2 Å². The van der Waals surface area contributed by atoms with Gasteiger partial charge in [0.1, 0.15) is 12.1 Å². The van der Waals surface area contributed by atoms with Gasteiger partial charge in [-0.05, 0) is 43.7 Å². The van der Waals surface area contributed by atoms with E-state index in [1.165, 1.54) is 22.6 Å². The second-order valence-corrected chi connectivity index (χ2v) is 11.0. The zero-order valence-electron chi connectivity index (χ0n) is 19.1. The number of amides is 1. The fourth-order valence-corrected chi connectivity index (χ4v) is 6.40. The molecule has 1 aliphatic carbocycles. The average Bonchev–Trinajstić information content (AvgIpc) is 3.45. The van der Waals surface area contributed by atoms with Crippen LogP contribution in [-0.4, -0.2) is 72.8 Å². The van der Waals surface area contributed by atoms with E-state index in [1.807, 2.05) is 17.0 Å². The van der Waals surface area contributed by atoms with Crippen LogP contribution in [0.3, 0.4) is 0 Å². The number of carbonyl (C=O) groups is 1. The van der Waals surface area contributed by atoms with Crippen molar-refractivity contribution in [3.8, 4) is 0 Å². The van der Waals surface area contributed by atoms with Gasteiger partial charge in [0.2, 0.25) is 5.91 Å². The maximum absolute atomic E-state index is 13.6. The summed E-state index contributed by atoms with van der Waals surface area (Å²) < 4.78 is 6.20. The molecule has 0 unspecified atom stereocenters. The number of fused-ring (bicyclic) bond motifs is 1.